The molecule has 0 bridgehead atoms. The first-order valence-corrected chi connectivity index (χ1v) is 3.69. The van der Waals surface area contributed by atoms with E-state index in [0.717, 1.165) is 0 Å². The first kappa shape index (κ1) is 8.80. The number of carbonyl (C=O) groups is 1. The molecule has 0 aliphatic rings. The summed E-state index contributed by atoms with van der Waals surface area (Å²) in [5, 5.41) is 5.73. The van der Waals surface area contributed by atoms with E-state index in [-0.39, 0.29) is 0 Å². The van der Waals surface area contributed by atoms with E-state index in [1.54, 1.807) is 13.1 Å². The Morgan fingerprint density at radius 3 is 2.92 bits per heavy atom. The molecule has 64 valence electrons. The largest absolute Gasteiger partial charge is 0.372 e. The van der Waals surface area contributed by atoms with Crippen LogP contribution in [0.4, 0.5) is 11.5 Å². The van der Waals surface area contributed by atoms with E-state index >= 15 is 0 Å². The molecule has 1 aromatic rings. The number of carbonyl (C=O) groups excluding carboxylic acids is 1. The van der Waals surface area contributed by atoms with Gasteiger partial charge in [0.2, 0.25) is 6.41 Å². The maximum atomic E-state index is 10.0. The van der Waals surface area contributed by atoms with Crippen LogP contribution in [0.15, 0.2) is 12.3 Å². The lowest BCUT2D eigenvalue weighted by Crippen LogP contribution is -1.97. The van der Waals surface area contributed by atoms with Crippen molar-refractivity contribution < 1.29 is 4.79 Å². The van der Waals surface area contributed by atoms with Gasteiger partial charge in [0, 0.05) is 7.05 Å². The van der Waals surface area contributed by atoms with Crippen LogP contribution in [-0.4, -0.2) is 18.4 Å². The summed E-state index contributed by atoms with van der Waals surface area (Å²) in [5.74, 6) is 0.591. The Labute approximate surface area is 74.9 Å². The number of hydrogen-bond donors (Lipinski definition) is 2. The van der Waals surface area contributed by atoms with Gasteiger partial charge in [-0.1, -0.05) is 11.6 Å². The minimum absolute atomic E-state index is 0.476. The number of nitrogens with one attached hydrogen (secondary N) is 2. The summed E-state index contributed by atoms with van der Waals surface area (Å²) in [6, 6.07) is 1.62. The van der Waals surface area contributed by atoms with Gasteiger partial charge < -0.3 is 10.6 Å². The van der Waals surface area contributed by atoms with Gasteiger partial charge in [-0.05, 0) is 6.07 Å². The summed E-state index contributed by atoms with van der Waals surface area (Å²) in [5.41, 5.74) is 0.578. The standard InChI is InChI=1S/C7H8ClN3O/c1-9-7-6(8)2-5(3-10-7)11-4-12/h2-4H,1H3,(H,9,10)(H,11,12). The van der Waals surface area contributed by atoms with Gasteiger partial charge in [-0.3, -0.25) is 4.79 Å². The van der Waals surface area contributed by atoms with E-state index in [1.165, 1.54) is 6.20 Å². The average molecular weight is 186 g/mol. The molecule has 2 N–H and O–H groups in total. The molecule has 1 aromatic heterocycles. The van der Waals surface area contributed by atoms with Crippen molar-refractivity contribution in [1.82, 2.24) is 4.98 Å². The first-order chi connectivity index (χ1) is 5.77. The van der Waals surface area contributed by atoms with Crippen molar-refractivity contribution in [3.05, 3.63) is 17.3 Å². The molecule has 0 unspecified atom stereocenters. The number of halogens is 1. The topological polar surface area (TPSA) is 54.0 Å². The van der Waals surface area contributed by atoms with E-state index in [0.29, 0.717) is 22.9 Å². The number of aromatic nitrogens is 1. The summed E-state index contributed by atoms with van der Waals surface area (Å²) in [7, 11) is 1.72. The van der Waals surface area contributed by atoms with E-state index in [2.05, 4.69) is 15.6 Å². The second-order valence-corrected chi connectivity index (χ2v) is 2.47. The van der Waals surface area contributed by atoms with Crippen LogP contribution in [0.2, 0.25) is 5.02 Å². The Morgan fingerprint density at radius 2 is 2.42 bits per heavy atom. The molecule has 1 amide bonds. The molecule has 0 saturated carbocycles. The average Bonchev–Trinajstić information content (AvgIpc) is 2.05. The Bertz CT molecular complexity index is 290. The zero-order valence-electron chi connectivity index (χ0n) is 6.47. The van der Waals surface area contributed by atoms with Crippen molar-refractivity contribution in [2.75, 3.05) is 17.7 Å². The number of rotatable bonds is 3. The molecule has 1 heterocycles. The van der Waals surface area contributed by atoms with Crippen molar-refractivity contribution >= 4 is 29.5 Å². The van der Waals surface area contributed by atoms with Gasteiger partial charge in [0.15, 0.2) is 0 Å². The summed E-state index contributed by atoms with van der Waals surface area (Å²) in [4.78, 5) is 14.0. The maximum absolute atomic E-state index is 10.0. The van der Waals surface area contributed by atoms with Crippen molar-refractivity contribution in [1.29, 1.82) is 0 Å². The highest BCUT2D eigenvalue weighted by molar-refractivity contribution is 6.33. The van der Waals surface area contributed by atoms with E-state index in [4.69, 9.17) is 11.6 Å². The van der Waals surface area contributed by atoms with Crippen molar-refractivity contribution in [2.24, 2.45) is 0 Å². The zero-order valence-corrected chi connectivity index (χ0v) is 7.22. The molecule has 1 rings (SSSR count). The van der Waals surface area contributed by atoms with Crippen molar-refractivity contribution in [3.63, 3.8) is 0 Å². The number of hydrogen-bond acceptors (Lipinski definition) is 3. The van der Waals surface area contributed by atoms with Crippen LogP contribution in [0.3, 0.4) is 0 Å². The minimum Gasteiger partial charge on any atom is -0.372 e. The quantitative estimate of drug-likeness (QED) is 0.699. The van der Waals surface area contributed by atoms with E-state index < -0.39 is 0 Å². The van der Waals surface area contributed by atoms with Gasteiger partial charge in [0.1, 0.15) is 5.82 Å². The highest BCUT2D eigenvalue weighted by Crippen LogP contribution is 2.21. The number of anilines is 2. The van der Waals surface area contributed by atoms with Crippen LogP contribution in [0.1, 0.15) is 0 Å². The first-order valence-electron chi connectivity index (χ1n) is 3.31. The summed E-state index contributed by atoms with van der Waals surface area (Å²) >= 11 is 5.78. The molecule has 5 heteroatoms. The third-order valence-electron chi connectivity index (χ3n) is 1.30. The van der Waals surface area contributed by atoms with Gasteiger partial charge >= 0.3 is 0 Å². The van der Waals surface area contributed by atoms with E-state index in [9.17, 15) is 4.79 Å². The monoisotopic (exact) mass is 185 g/mol. The lowest BCUT2D eigenvalue weighted by atomic mass is 10.4. The maximum Gasteiger partial charge on any atom is 0.211 e. The molecular weight excluding hydrogens is 178 g/mol. The fraction of sp³-hybridized carbons (Fsp3) is 0.143. The lowest BCUT2D eigenvalue weighted by molar-refractivity contribution is -0.105. The van der Waals surface area contributed by atoms with Gasteiger partial charge in [0.25, 0.3) is 0 Å². The molecule has 0 saturated heterocycles. The fourth-order valence-electron chi connectivity index (χ4n) is 0.769. The molecule has 0 fully saturated rings. The number of amides is 1. The van der Waals surface area contributed by atoms with Crippen LogP contribution in [-0.2, 0) is 4.79 Å². The Kier molecular flexibility index (Phi) is 2.88. The molecule has 0 spiro atoms. The molecule has 0 aliphatic heterocycles. The summed E-state index contributed by atoms with van der Waals surface area (Å²) in [6.07, 6.45) is 2.10. The molecule has 0 radical (unpaired) electrons. The van der Waals surface area contributed by atoms with Crippen LogP contribution >= 0.6 is 11.6 Å². The summed E-state index contributed by atoms with van der Waals surface area (Å²) in [6.45, 7) is 0. The second kappa shape index (κ2) is 3.92. The number of pyridine rings is 1. The molecule has 12 heavy (non-hydrogen) atoms. The van der Waals surface area contributed by atoms with Gasteiger partial charge in [-0.2, -0.15) is 0 Å². The highest BCUT2D eigenvalue weighted by atomic mass is 35.5. The van der Waals surface area contributed by atoms with E-state index in [1.807, 2.05) is 0 Å². The van der Waals surface area contributed by atoms with Crippen LogP contribution < -0.4 is 10.6 Å². The second-order valence-electron chi connectivity index (χ2n) is 2.07. The van der Waals surface area contributed by atoms with Gasteiger partial charge in [-0.25, -0.2) is 4.98 Å². The zero-order chi connectivity index (χ0) is 8.97. The minimum atomic E-state index is 0.476. The smallest absolute Gasteiger partial charge is 0.211 e. The SMILES string of the molecule is CNc1ncc(NC=O)cc1Cl. The van der Waals surface area contributed by atoms with Crippen molar-refractivity contribution in [2.45, 2.75) is 0 Å². The van der Waals surface area contributed by atoms with Crippen LogP contribution in [0.25, 0.3) is 0 Å². The molecular formula is C7H8ClN3O. The Morgan fingerprint density at radius 1 is 1.67 bits per heavy atom. The molecule has 0 aliphatic carbocycles. The Hall–Kier alpha value is -1.29. The highest BCUT2D eigenvalue weighted by Gasteiger charge is 1.99. The number of nitrogens with zero attached hydrogens (tertiary/aromatic N) is 1. The molecule has 0 atom stereocenters. The molecule has 4 nitrogen and oxygen atoms in total. The van der Waals surface area contributed by atoms with Crippen LogP contribution in [0.5, 0.6) is 0 Å². The van der Waals surface area contributed by atoms with Crippen molar-refractivity contribution in [3.8, 4) is 0 Å². The molecule has 0 aromatic carbocycles. The lowest BCUT2D eigenvalue weighted by Gasteiger charge is -2.03. The normalized spacial score (nSPS) is 9.17. The third kappa shape index (κ3) is 1.85. The Balaban J connectivity index is 2.93. The predicted molar refractivity (Wildman–Crippen MR) is 48.5 cm³/mol. The van der Waals surface area contributed by atoms with Gasteiger partial charge in [0.05, 0.1) is 16.9 Å². The van der Waals surface area contributed by atoms with Crippen LogP contribution in [0, 0.1) is 0 Å². The predicted octanol–water partition coefficient (Wildman–Crippen LogP) is 1.34. The third-order valence-corrected chi connectivity index (χ3v) is 1.59. The fourth-order valence-corrected chi connectivity index (χ4v) is 1.03. The summed E-state index contributed by atoms with van der Waals surface area (Å²) < 4.78 is 0. The van der Waals surface area contributed by atoms with Gasteiger partial charge in [-0.15, -0.1) is 0 Å².